The van der Waals surface area contributed by atoms with Crippen LogP contribution in [0.3, 0.4) is 0 Å². The molecule has 1 atom stereocenters. The molecular formula is C22H24ClN3O5S. The quantitative estimate of drug-likeness (QED) is 0.710. The number of nitrogens with one attached hydrogen (secondary N) is 1. The van der Waals surface area contributed by atoms with E-state index in [1.165, 1.54) is 22.2 Å². The summed E-state index contributed by atoms with van der Waals surface area (Å²) in [7, 11) is -3.68. The Morgan fingerprint density at radius 1 is 1.16 bits per heavy atom. The van der Waals surface area contributed by atoms with Crippen molar-refractivity contribution < 1.29 is 22.7 Å². The normalized spacial score (nSPS) is 18.9. The topological polar surface area (TPSA) is 96.0 Å². The first-order valence-corrected chi connectivity index (χ1v) is 12.1. The summed E-state index contributed by atoms with van der Waals surface area (Å²) in [5, 5.41) is 3.39. The molecule has 32 heavy (non-hydrogen) atoms. The number of fused-ring (bicyclic) bond motifs is 1. The van der Waals surface area contributed by atoms with Crippen LogP contribution in [-0.2, 0) is 37.3 Å². The molecule has 1 unspecified atom stereocenters. The summed E-state index contributed by atoms with van der Waals surface area (Å²) in [6, 6.07) is 11.1. The molecule has 0 bridgehead atoms. The number of nitrogens with zero attached hydrogens (tertiary/aromatic N) is 2. The Hall–Kier alpha value is -2.46. The van der Waals surface area contributed by atoms with E-state index in [0.29, 0.717) is 42.6 Å². The molecule has 2 aliphatic rings. The maximum absolute atomic E-state index is 13.0. The first-order valence-electron chi connectivity index (χ1n) is 10.3. The van der Waals surface area contributed by atoms with Crippen LogP contribution in [-0.4, -0.2) is 56.9 Å². The third-order valence-electron chi connectivity index (χ3n) is 5.70. The summed E-state index contributed by atoms with van der Waals surface area (Å²) in [4.78, 5) is 26.9. The zero-order valence-corrected chi connectivity index (χ0v) is 19.2. The van der Waals surface area contributed by atoms with Crippen LogP contribution in [0.5, 0.6) is 0 Å². The minimum Gasteiger partial charge on any atom is -0.379 e. The van der Waals surface area contributed by atoms with Gasteiger partial charge in [-0.1, -0.05) is 29.8 Å². The van der Waals surface area contributed by atoms with E-state index in [4.69, 9.17) is 16.3 Å². The van der Waals surface area contributed by atoms with Crippen molar-refractivity contribution in [1.29, 1.82) is 0 Å². The second-order valence-corrected chi connectivity index (χ2v) is 10.1. The number of sulfonamides is 1. The first-order chi connectivity index (χ1) is 15.3. The average Bonchev–Trinajstić information content (AvgIpc) is 3.18. The third kappa shape index (κ3) is 4.38. The molecule has 0 aromatic heterocycles. The highest BCUT2D eigenvalue weighted by Crippen LogP contribution is 2.35. The van der Waals surface area contributed by atoms with Crippen LogP contribution >= 0.6 is 11.6 Å². The zero-order valence-electron chi connectivity index (χ0n) is 17.6. The van der Waals surface area contributed by atoms with E-state index in [1.807, 2.05) is 12.1 Å². The smallest absolute Gasteiger partial charge is 0.243 e. The summed E-state index contributed by atoms with van der Waals surface area (Å²) >= 11 is 6.16. The Kier molecular flexibility index (Phi) is 6.52. The maximum atomic E-state index is 13.0. The maximum Gasteiger partial charge on any atom is 0.243 e. The highest BCUT2D eigenvalue weighted by molar-refractivity contribution is 7.89. The fourth-order valence-electron chi connectivity index (χ4n) is 4.07. The van der Waals surface area contributed by atoms with Crippen molar-refractivity contribution >= 4 is 39.1 Å². The van der Waals surface area contributed by atoms with Crippen molar-refractivity contribution in [3.8, 4) is 0 Å². The molecule has 8 nitrogen and oxygen atoms in total. The summed E-state index contributed by atoms with van der Waals surface area (Å²) < 4.78 is 32.7. The Morgan fingerprint density at radius 2 is 1.88 bits per heavy atom. The van der Waals surface area contributed by atoms with Crippen LogP contribution in [0.15, 0.2) is 47.4 Å². The second kappa shape index (κ2) is 9.19. The number of anilines is 1. The summed E-state index contributed by atoms with van der Waals surface area (Å²) in [6.45, 7) is 2.93. The number of morpholine rings is 1. The van der Waals surface area contributed by atoms with E-state index in [-0.39, 0.29) is 29.7 Å². The van der Waals surface area contributed by atoms with Crippen molar-refractivity contribution in [3.05, 3.63) is 58.6 Å². The number of carbonyl (C=O) groups excluding carboxylic acids is 2. The SMILES string of the molecule is CC(=O)N1c2ccc(S(=O)(=O)N3CCOCC3)cc2CC1C(=O)NCc1ccccc1Cl. The van der Waals surface area contributed by atoms with Gasteiger partial charge in [0.2, 0.25) is 21.8 Å². The number of carbonyl (C=O) groups is 2. The molecule has 170 valence electrons. The van der Waals surface area contributed by atoms with Gasteiger partial charge < -0.3 is 10.1 Å². The molecule has 2 heterocycles. The van der Waals surface area contributed by atoms with Crippen molar-refractivity contribution in [3.63, 3.8) is 0 Å². The van der Waals surface area contributed by atoms with Crippen molar-refractivity contribution in [1.82, 2.24) is 9.62 Å². The number of hydrogen-bond donors (Lipinski definition) is 1. The number of benzene rings is 2. The number of hydrogen-bond acceptors (Lipinski definition) is 5. The lowest BCUT2D eigenvalue weighted by Crippen LogP contribution is -2.47. The molecule has 0 aliphatic carbocycles. The number of rotatable bonds is 5. The van der Waals surface area contributed by atoms with Gasteiger partial charge in [-0.3, -0.25) is 14.5 Å². The van der Waals surface area contributed by atoms with Gasteiger partial charge in [0.15, 0.2) is 0 Å². The van der Waals surface area contributed by atoms with Gasteiger partial charge in [0.25, 0.3) is 0 Å². The molecule has 2 aromatic rings. The van der Waals surface area contributed by atoms with Crippen LogP contribution in [0.25, 0.3) is 0 Å². The third-order valence-corrected chi connectivity index (χ3v) is 7.96. The highest BCUT2D eigenvalue weighted by atomic mass is 35.5. The number of ether oxygens (including phenoxy) is 1. The fraction of sp³-hybridized carbons (Fsp3) is 0.364. The van der Waals surface area contributed by atoms with Gasteiger partial charge in [0.05, 0.1) is 18.1 Å². The van der Waals surface area contributed by atoms with Crippen LogP contribution in [0.4, 0.5) is 5.69 Å². The van der Waals surface area contributed by atoms with Crippen LogP contribution in [0, 0.1) is 0 Å². The molecular weight excluding hydrogens is 454 g/mol. The van der Waals surface area contributed by atoms with Crippen molar-refractivity contribution in [2.75, 3.05) is 31.2 Å². The summed E-state index contributed by atoms with van der Waals surface area (Å²) in [5.74, 6) is -0.612. The highest BCUT2D eigenvalue weighted by Gasteiger charge is 2.38. The predicted molar refractivity (Wildman–Crippen MR) is 120 cm³/mol. The Morgan fingerprint density at radius 3 is 2.56 bits per heavy atom. The molecule has 1 fully saturated rings. The standard InChI is InChI=1S/C22H24ClN3O5S/c1-15(27)26-20-7-6-18(32(29,30)25-8-10-31-11-9-25)12-17(20)13-21(26)22(28)24-14-16-4-2-3-5-19(16)23/h2-7,12,21H,8-11,13-14H2,1H3,(H,24,28). The summed E-state index contributed by atoms with van der Waals surface area (Å²) in [6.07, 6.45) is 0.232. The second-order valence-electron chi connectivity index (χ2n) is 7.73. The average molecular weight is 478 g/mol. The monoisotopic (exact) mass is 477 g/mol. The lowest BCUT2D eigenvalue weighted by molar-refractivity contribution is -0.125. The summed E-state index contributed by atoms with van der Waals surface area (Å²) in [5.41, 5.74) is 1.97. The molecule has 0 radical (unpaired) electrons. The first kappa shape index (κ1) is 22.7. The van der Waals surface area contributed by atoms with Gasteiger partial charge in [0.1, 0.15) is 6.04 Å². The molecule has 1 N–H and O–H groups in total. The number of halogens is 1. The molecule has 10 heteroatoms. The van der Waals surface area contributed by atoms with Crippen LogP contribution in [0.2, 0.25) is 5.02 Å². The lowest BCUT2D eigenvalue weighted by Gasteiger charge is -2.26. The molecule has 4 rings (SSSR count). The fourth-order valence-corrected chi connectivity index (χ4v) is 5.73. The van der Waals surface area contributed by atoms with Crippen molar-refractivity contribution in [2.24, 2.45) is 0 Å². The van der Waals surface area contributed by atoms with E-state index in [0.717, 1.165) is 5.56 Å². The van der Waals surface area contributed by atoms with E-state index in [2.05, 4.69) is 5.32 Å². The number of amides is 2. The molecule has 2 aliphatic heterocycles. The van der Waals surface area contributed by atoms with Crippen molar-refractivity contribution in [2.45, 2.75) is 30.8 Å². The molecule has 1 saturated heterocycles. The van der Waals surface area contributed by atoms with Gasteiger partial charge in [-0.2, -0.15) is 4.31 Å². The molecule has 2 aromatic carbocycles. The van der Waals surface area contributed by atoms with Gasteiger partial charge in [0, 0.05) is 43.7 Å². The van der Waals surface area contributed by atoms with E-state index >= 15 is 0 Å². The zero-order chi connectivity index (χ0) is 22.9. The predicted octanol–water partition coefficient (Wildman–Crippen LogP) is 1.95. The van der Waals surface area contributed by atoms with Gasteiger partial charge in [-0.15, -0.1) is 0 Å². The molecule has 0 saturated carbocycles. The minimum absolute atomic E-state index is 0.152. The largest absolute Gasteiger partial charge is 0.379 e. The lowest BCUT2D eigenvalue weighted by atomic mass is 10.1. The minimum atomic E-state index is -3.68. The van der Waals surface area contributed by atoms with Gasteiger partial charge in [-0.25, -0.2) is 8.42 Å². The van der Waals surface area contributed by atoms with Crippen LogP contribution < -0.4 is 10.2 Å². The molecule has 2 amide bonds. The Balaban J connectivity index is 1.55. The van der Waals surface area contributed by atoms with E-state index in [9.17, 15) is 18.0 Å². The Bertz CT molecular complexity index is 1150. The van der Waals surface area contributed by atoms with Crippen LogP contribution in [0.1, 0.15) is 18.1 Å². The van der Waals surface area contributed by atoms with E-state index in [1.54, 1.807) is 24.3 Å². The Labute approximate surface area is 192 Å². The van der Waals surface area contributed by atoms with E-state index < -0.39 is 16.1 Å². The van der Waals surface area contributed by atoms with Gasteiger partial charge >= 0.3 is 0 Å². The molecule has 0 spiro atoms. The van der Waals surface area contributed by atoms with Gasteiger partial charge in [-0.05, 0) is 35.4 Å².